The molecular formula is C25H25FN6O. The number of nitrogens with zero attached hydrogens (tertiary/aromatic N) is 6. The molecule has 0 radical (unpaired) electrons. The molecule has 0 saturated carbocycles. The zero-order valence-corrected chi connectivity index (χ0v) is 18.6. The average Bonchev–Trinajstić information content (AvgIpc) is 3.51. The number of aliphatic hydroxyl groups is 1. The second-order valence-corrected chi connectivity index (χ2v) is 9.01. The normalized spacial score (nSPS) is 19.4. The molecule has 7 nitrogen and oxygen atoms in total. The van der Waals surface area contributed by atoms with Gasteiger partial charge in [0.05, 0.1) is 35.8 Å². The van der Waals surface area contributed by atoms with Gasteiger partial charge in [0, 0.05) is 37.2 Å². The molecule has 1 aromatic carbocycles. The summed E-state index contributed by atoms with van der Waals surface area (Å²) in [5.41, 5.74) is 4.90. The van der Waals surface area contributed by atoms with Crippen LogP contribution in [0.4, 0.5) is 10.2 Å². The number of anilines is 1. The van der Waals surface area contributed by atoms with Gasteiger partial charge in [-0.3, -0.25) is 4.57 Å². The number of benzene rings is 1. The molecule has 0 bridgehead atoms. The largest absolute Gasteiger partial charge is 0.390 e. The first-order valence-corrected chi connectivity index (χ1v) is 11.1. The van der Waals surface area contributed by atoms with Gasteiger partial charge < -0.3 is 19.5 Å². The highest BCUT2D eigenvalue weighted by Gasteiger charge is 2.34. The van der Waals surface area contributed by atoms with Crippen LogP contribution in [0.15, 0.2) is 61.1 Å². The van der Waals surface area contributed by atoms with Crippen LogP contribution < -0.4 is 4.90 Å². The van der Waals surface area contributed by atoms with Gasteiger partial charge in [0.15, 0.2) is 5.82 Å². The molecule has 168 valence electrons. The number of hydrogen-bond donors (Lipinski definition) is 1. The Balaban J connectivity index is 1.40. The van der Waals surface area contributed by atoms with Gasteiger partial charge in [0.2, 0.25) is 0 Å². The summed E-state index contributed by atoms with van der Waals surface area (Å²) in [6.07, 6.45) is 5.42. The molecule has 6 rings (SSSR count). The number of likely N-dealkylation sites (N-methyl/N-ethyl adjacent to an activating group) is 1. The Morgan fingerprint density at radius 3 is 2.64 bits per heavy atom. The minimum absolute atomic E-state index is 0.0835. The predicted molar refractivity (Wildman–Crippen MR) is 125 cm³/mol. The minimum Gasteiger partial charge on any atom is -0.390 e. The SMILES string of the molecule is CN(C)[C@@H]1CN(c2ccc3c(n2)Cn2cc(-c4ccc(F)cc4)cc2-c2nccn2-3)C[C@@H]1O. The van der Waals surface area contributed by atoms with Crippen molar-refractivity contribution in [3.8, 4) is 28.3 Å². The second-order valence-electron chi connectivity index (χ2n) is 9.01. The molecule has 2 aliphatic heterocycles. The fourth-order valence-corrected chi connectivity index (χ4v) is 4.94. The van der Waals surface area contributed by atoms with Gasteiger partial charge in [-0.15, -0.1) is 0 Å². The van der Waals surface area contributed by atoms with Crippen molar-refractivity contribution in [2.75, 3.05) is 32.1 Å². The number of halogens is 1. The molecular weight excluding hydrogens is 419 g/mol. The molecule has 4 aromatic rings. The Hall–Kier alpha value is -3.49. The third-order valence-electron chi connectivity index (χ3n) is 6.71. The highest BCUT2D eigenvalue weighted by atomic mass is 19.1. The number of aromatic nitrogens is 4. The summed E-state index contributed by atoms with van der Waals surface area (Å²) in [6, 6.07) is 12.8. The topological polar surface area (TPSA) is 62.3 Å². The molecule has 0 aliphatic carbocycles. The van der Waals surface area contributed by atoms with E-state index in [1.807, 2.05) is 26.4 Å². The maximum absolute atomic E-state index is 13.4. The summed E-state index contributed by atoms with van der Waals surface area (Å²) in [4.78, 5) is 13.9. The van der Waals surface area contributed by atoms with E-state index in [-0.39, 0.29) is 11.9 Å². The smallest absolute Gasteiger partial charge is 0.161 e. The zero-order chi connectivity index (χ0) is 22.7. The summed E-state index contributed by atoms with van der Waals surface area (Å²) >= 11 is 0. The molecule has 3 aromatic heterocycles. The summed E-state index contributed by atoms with van der Waals surface area (Å²) < 4.78 is 17.6. The van der Waals surface area contributed by atoms with Gasteiger partial charge in [-0.25, -0.2) is 14.4 Å². The number of hydrogen-bond acceptors (Lipinski definition) is 5. The summed E-state index contributed by atoms with van der Waals surface area (Å²) in [6.45, 7) is 1.89. The van der Waals surface area contributed by atoms with Crippen molar-refractivity contribution in [2.24, 2.45) is 0 Å². The maximum atomic E-state index is 13.4. The first-order chi connectivity index (χ1) is 16.0. The first-order valence-electron chi connectivity index (χ1n) is 11.1. The van der Waals surface area contributed by atoms with Crippen molar-refractivity contribution in [2.45, 2.75) is 18.7 Å². The highest BCUT2D eigenvalue weighted by molar-refractivity contribution is 5.71. The molecule has 33 heavy (non-hydrogen) atoms. The van der Waals surface area contributed by atoms with Crippen LogP contribution in [0.2, 0.25) is 0 Å². The number of imidazole rings is 1. The van der Waals surface area contributed by atoms with E-state index < -0.39 is 6.10 Å². The molecule has 1 saturated heterocycles. The van der Waals surface area contributed by atoms with Crippen LogP contribution in [-0.4, -0.2) is 68.4 Å². The molecule has 0 unspecified atom stereocenters. The van der Waals surface area contributed by atoms with Crippen LogP contribution in [0.25, 0.3) is 28.3 Å². The molecule has 0 spiro atoms. The van der Waals surface area contributed by atoms with E-state index >= 15 is 0 Å². The predicted octanol–water partition coefficient (Wildman–Crippen LogP) is 3.01. The molecule has 1 fully saturated rings. The maximum Gasteiger partial charge on any atom is 0.161 e. The Morgan fingerprint density at radius 2 is 1.88 bits per heavy atom. The lowest BCUT2D eigenvalue weighted by Crippen LogP contribution is -2.38. The van der Waals surface area contributed by atoms with Gasteiger partial charge in [0.25, 0.3) is 0 Å². The van der Waals surface area contributed by atoms with E-state index in [4.69, 9.17) is 4.98 Å². The van der Waals surface area contributed by atoms with E-state index in [0.717, 1.165) is 46.4 Å². The average molecular weight is 445 g/mol. The Kier molecular flexibility index (Phi) is 4.60. The standard InChI is InChI=1S/C25H25FN6O/c1-29(2)22-14-31(15-23(22)33)24-8-7-20-19(28-24)13-30-12-17(16-3-5-18(26)6-4-16)11-21(30)25-27-9-10-32(20)25/h3-12,22-23,33H,13-15H2,1-2H3/t22-,23+/m1/s1. The quantitative estimate of drug-likeness (QED) is 0.464. The van der Waals surface area contributed by atoms with Crippen LogP contribution in [0.3, 0.4) is 0 Å². The van der Waals surface area contributed by atoms with E-state index in [9.17, 15) is 9.50 Å². The Labute approximate surface area is 191 Å². The number of fused-ring (bicyclic) bond motifs is 5. The van der Waals surface area contributed by atoms with E-state index in [2.05, 4.69) is 42.2 Å². The lowest BCUT2D eigenvalue weighted by molar-refractivity contribution is 0.114. The third-order valence-corrected chi connectivity index (χ3v) is 6.71. The van der Waals surface area contributed by atoms with Gasteiger partial charge in [-0.2, -0.15) is 0 Å². The lowest BCUT2D eigenvalue weighted by atomic mass is 10.1. The van der Waals surface area contributed by atoms with Crippen molar-refractivity contribution in [1.29, 1.82) is 0 Å². The summed E-state index contributed by atoms with van der Waals surface area (Å²) in [7, 11) is 3.99. The first kappa shape index (κ1) is 20.1. The monoisotopic (exact) mass is 444 g/mol. The summed E-state index contributed by atoms with van der Waals surface area (Å²) in [5, 5.41) is 10.5. The molecule has 1 N–H and O–H groups in total. The Morgan fingerprint density at radius 1 is 1.06 bits per heavy atom. The van der Waals surface area contributed by atoms with Crippen molar-refractivity contribution < 1.29 is 9.50 Å². The van der Waals surface area contributed by atoms with Gasteiger partial charge in [-0.1, -0.05) is 12.1 Å². The number of rotatable bonds is 3. The van der Waals surface area contributed by atoms with Gasteiger partial charge >= 0.3 is 0 Å². The lowest BCUT2D eigenvalue weighted by Gasteiger charge is -2.22. The molecule has 5 heterocycles. The van der Waals surface area contributed by atoms with Crippen LogP contribution in [0, 0.1) is 5.82 Å². The van der Waals surface area contributed by atoms with Gasteiger partial charge in [0.1, 0.15) is 11.6 Å². The zero-order valence-electron chi connectivity index (χ0n) is 18.6. The fraction of sp³-hybridized carbons (Fsp3) is 0.280. The molecule has 8 heteroatoms. The molecule has 2 atom stereocenters. The fourth-order valence-electron chi connectivity index (χ4n) is 4.94. The van der Waals surface area contributed by atoms with Crippen LogP contribution in [0.1, 0.15) is 5.69 Å². The second kappa shape index (κ2) is 7.54. The van der Waals surface area contributed by atoms with E-state index in [1.165, 1.54) is 12.1 Å². The Bertz CT molecular complexity index is 1330. The van der Waals surface area contributed by atoms with E-state index in [1.54, 1.807) is 18.3 Å². The van der Waals surface area contributed by atoms with Gasteiger partial charge in [-0.05, 0) is 50.0 Å². The van der Waals surface area contributed by atoms with Crippen LogP contribution >= 0.6 is 0 Å². The van der Waals surface area contributed by atoms with Crippen LogP contribution in [0.5, 0.6) is 0 Å². The molecule has 0 amide bonds. The number of aliphatic hydroxyl groups excluding tert-OH is 1. The van der Waals surface area contributed by atoms with Crippen molar-refractivity contribution >= 4 is 5.82 Å². The number of pyridine rings is 1. The van der Waals surface area contributed by atoms with Crippen LogP contribution in [-0.2, 0) is 6.54 Å². The number of β-amino-alcohol motifs (C(OH)–C–C–N with tert-alkyl or cyclic N) is 1. The summed E-state index contributed by atoms with van der Waals surface area (Å²) in [5.74, 6) is 1.47. The minimum atomic E-state index is -0.407. The van der Waals surface area contributed by atoms with E-state index in [0.29, 0.717) is 13.1 Å². The third kappa shape index (κ3) is 3.34. The highest BCUT2D eigenvalue weighted by Crippen LogP contribution is 2.34. The van der Waals surface area contributed by atoms with Crippen molar-refractivity contribution in [3.05, 3.63) is 72.6 Å². The van der Waals surface area contributed by atoms with Crippen molar-refractivity contribution in [3.63, 3.8) is 0 Å². The van der Waals surface area contributed by atoms with Crippen molar-refractivity contribution in [1.82, 2.24) is 24.0 Å². The molecule has 2 aliphatic rings.